The molecule has 1 unspecified atom stereocenters. The normalized spacial score (nSPS) is 15.8. The van der Waals surface area contributed by atoms with Gasteiger partial charge in [-0.3, -0.25) is 47.8 Å². The van der Waals surface area contributed by atoms with Crippen molar-refractivity contribution in [3.8, 4) is 11.3 Å². The Morgan fingerprint density at radius 3 is 1.82 bits per heavy atom. The smallest absolute Gasteiger partial charge is 0.473 e. The van der Waals surface area contributed by atoms with Crippen LogP contribution in [0.15, 0.2) is 38.6 Å². The molecule has 27 nitrogen and oxygen atoms in total. The van der Waals surface area contributed by atoms with Gasteiger partial charge in [-0.05, 0) is 49.9 Å². The topological polar surface area (TPSA) is 441 Å². The minimum Gasteiger partial charge on any atom is -0.481 e. The van der Waals surface area contributed by atoms with Crippen molar-refractivity contribution < 1.29 is 87.8 Å². The molecular formula is C34H43N6O21P. The van der Waals surface area contributed by atoms with Gasteiger partial charge in [0.15, 0.2) is 5.43 Å². The number of benzene rings is 1. The van der Waals surface area contributed by atoms with Crippen LogP contribution in [-0.2, 0) is 53.7 Å². The molecule has 1 aliphatic carbocycles. The number of aliphatic hydroxyl groups excluding tert-OH is 3. The third-order valence-electron chi connectivity index (χ3n) is 8.90. The van der Waals surface area contributed by atoms with Crippen molar-refractivity contribution in [2.45, 2.75) is 94.5 Å². The maximum absolute atomic E-state index is 12.7. The first-order valence-electron chi connectivity index (χ1n) is 18.2. The number of nitrogens with one attached hydrogen (secondary N) is 5. The molecule has 28 heteroatoms. The predicted octanol–water partition coefficient (Wildman–Crippen LogP) is -3.78. The zero-order valence-corrected chi connectivity index (χ0v) is 33.2. The van der Waals surface area contributed by atoms with E-state index in [0.29, 0.717) is 5.56 Å². The average Bonchev–Trinajstić information content (AvgIpc) is 3.17. The zero-order valence-electron chi connectivity index (χ0n) is 32.3. The van der Waals surface area contributed by atoms with E-state index in [1.165, 1.54) is 18.2 Å². The molecule has 0 saturated carbocycles. The van der Waals surface area contributed by atoms with Gasteiger partial charge < -0.3 is 61.2 Å². The molecule has 0 saturated heterocycles. The lowest BCUT2D eigenvalue weighted by Gasteiger charge is -2.26. The van der Waals surface area contributed by atoms with Crippen LogP contribution >= 0.6 is 7.82 Å². The number of amides is 3. The Balaban J connectivity index is 1.54. The van der Waals surface area contributed by atoms with Crippen molar-refractivity contribution in [1.29, 1.82) is 0 Å². The van der Waals surface area contributed by atoms with E-state index in [0.717, 1.165) is 17.6 Å². The molecule has 340 valence electrons. The molecule has 13 N–H and O–H groups in total. The minimum absolute atomic E-state index is 0.0761. The van der Waals surface area contributed by atoms with E-state index in [2.05, 4.69) is 9.51 Å². The molecule has 1 aromatic heterocycles. The SMILES string of the molecule is C[C@H](OP(=O)(O)OC[C@@H](O)[C@@H](O)[C@@H](O)Cn1c2cc(=O)ccc-2cc2c(=O)[nH]c(=O)[nH]c21)C(=O)N[C@@H](CCC(=O)N[C@@H](CCC(=O)N[C@@H](CCC(=O)O)C(=O)O)C(=O)O)C(=O)O. The van der Waals surface area contributed by atoms with Gasteiger partial charge in [-0.2, -0.15) is 0 Å². The molecule has 3 rings (SSSR count). The highest BCUT2D eigenvalue weighted by molar-refractivity contribution is 7.47. The quantitative estimate of drug-likeness (QED) is 0.0287. The molecule has 2 aliphatic rings. The Hall–Kier alpha value is -6.35. The molecule has 8 atom stereocenters. The van der Waals surface area contributed by atoms with Gasteiger partial charge in [0.05, 0.1) is 24.2 Å². The van der Waals surface area contributed by atoms with Crippen LogP contribution in [0.4, 0.5) is 0 Å². The zero-order chi connectivity index (χ0) is 46.6. The highest BCUT2D eigenvalue weighted by atomic mass is 31.2. The largest absolute Gasteiger partial charge is 0.481 e. The number of hydrogen-bond acceptors (Lipinski definition) is 16. The monoisotopic (exact) mass is 902 g/mol. The number of aliphatic carboxylic acids is 4. The summed E-state index contributed by atoms with van der Waals surface area (Å²) in [4.78, 5) is 134. The maximum atomic E-state index is 12.7. The van der Waals surface area contributed by atoms with Crippen molar-refractivity contribution in [3.63, 3.8) is 0 Å². The number of phosphoric ester groups is 1. The van der Waals surface area contributed by atoms with E-state index in [-0.39, 0.29) is 16.7 Å². The van der Waals surface area contributed by atoms with Crippen LogP contribution in [-0.4, -0.2) is 146 Å². The number of carboxylic acid groups (broad SMARTS) is 4. The number of phosphoric acid groups is 1. The first kappa shape index (κ1) is 50.0. The Morgan fingerprint density at radius 2 is 1.29 bits per heavy atom. The molecular weight excluding hydrogens is 859 g/mol. The van der Waals surface area contributed by atoms with E-state index in [9.17, 15) is 82.9 Å². The van der Waals surface area contributed by atoms with Gasteiger partial charge in [-0.1, -0.05) is 0 Å². The second-order valence-electron chi connectivity index (χ2n) is 13.6. The average molecular weight is 903 g/mol. The molecule has 0 bridgehead atoms. The van der Waals surface area contributed by atoms with E-state index in [1.54, 1.807) is 0 Å². The van der Waals surface area contributed by atoms with Crippen LogP contribution in [0.5, 0.6) is 0 Å². The lowest BCUT2D eigenvalue weighted by molar-refractivity contribution is -0.144. The van der Waals surface area contributed by atoms with Crippen molar-refractivity contribution >= 4 is 60.5 Å². The summed E-state index contributed by atoms with van der Waals surface area (Å²) in [6, 6.07) is -0.155. The summed E-state index contributed by atoms with van der Waals surface area (Å²) in [6.45, 7) is -0.998. The van der Waals surface area contributed by atoms with Gasteiger partial charge in [0.2, 0.25) is 17.7 Å². The number of carboxylic acids is 4. The lowest BCUT2D eigenvalue weighted by Crippen LogP contribution is -2.47. The van der Waals surface area contributed by atoms with Crippen LogP contribution in [0, 0.1) is 0 Å². The Morgan fingerprint density at radius 1 is 0.758 bits per heavy atom. The van der Waals surface area contributed by atoms with E-state index >= 15 is 0 Å². The number of carbonyl (C=O) groups excluding carboxylic acids is 3. The molecule has 0 radical (unpaired) electrons. The third kappa shape index (κ3) is 14.7. The lowest BCUT2D eigenvalue weighted by atomic mass is 10.0. The predicted molar refractivity (Wildman–Crippen MR) is 204 cm³/mol. The Kier molecular flexibility index (Phi) is 17.7. The molecule has 0 fully saturated rings. The fourth-order valence-corrected chi connectivity index (χ4v) is 6.58. The van der Waals surface area contributed by atoms with E-state index < -0.39 is 160 Å². The van der Waals surface area contributed by atoms with E-state index in [1.807, 2.05) is 20.9 Å². The van der Waals surface area contributed by atoms with Gasteiger partial charge in [0.1, 0.15) is 48.2 Å². The van der Waals surface area contributed by atoms with Gasteiger partial charge >= 0.3 is 37.4 Å². The number of aliphatic hydroxyl groups is 3. The first-order valence-corrected chi connectivity index (χ1v) is 19.7. The summed E-state index contributed by atoms with van der Waals surface area (Å²) in [5.41, 5.74) is -2.02. The van der Waals surface area contributed by atoms with Crippen LogP contribution in [0.2, 0.25) is 0 Å². The molecule has 62 heavy (non-hydrogen) atoms. The highest BCUT2D eigenvalue weighted by Gasteiger charge is 2.34. The summed E-state index contributed by atoms with van der Waals surface area (Å²) in [5, 5.41) is 74.8. The van der Waals surface area contributed by atoms with Gasteiger partial charge in [-0.25, -0.2) is 23.7 Å². The Bertz CT molecular complexity index is 2360. The number of H-pyrrole nitrogens is 2. The molecule has 3 amide bonds. The molecule has 2 heterocycles. The number of nitrogens with zero attached hydrogens (tertiary/aromatic N) is 1. The van der Waals surface area contributed by atoms with Crippen molar-refractivity contribution in [3.05, 3.63) is 55.3 Å². The standard InChI is InChI=1S/C34H43N6O21P/c1-14(29(49)37-20(33(55)56)5-8-25(45)35-18(31(51)52)4-7-24(44)36-19(32(53)54)6-9-26(46)47)61-62(58,59)60-13-23(43)27(48)22(42)12-40-21-11-16(41)3-2-15(21)10-17-28(40)38-34(57)39-30(17)50/h2-3,10-11,14,18-20,22-23,27,42-43,48H,4-9,12-13H2,1H3,(H,35,45)(H,36,44)(H,37,49)(H,46,47)(H,51,52)(H,53,54)(H,55,56)(H,58,59)(H2,38,39,50,57)/t14-,18-,19-,20-,22-,23+,27-/m0/s1. The number of aromatic nitrogens is 3. The highest BCUT2D eigenvalue weighted by Crippen LogP contribution is 2.44. The fourth-order valence-electron chi connectivity index (χ4n) is 5.69. The van der Waals surface area contributed by atoms with Gasteiger partial charge in [0, 0.05) is 25.3 Å². The fraction of sp³-hybridized carbons (Fsp3) is 0.471. The first-order chi connectivity index (χ1) is 28.9. The number of pyridine rings is 1. The number of carbonyl (C=O) groups is 7. The second kappa shape index (κ2) is 22.0. The number of hydrogen-bond donors (Lipinski definition) is 13. The second-order valence-corrected chi connectivity index (χ2v) is 15.0. The van der Waals surface area contributed by atoms with Crippen LogP contribution in [0.25, 0.3) is 22.3 Å². The number of aromatic amines is 2. The van der Waals surface area contributed by atoms with E-state index in [4.69, 9.17) is 14.7 Å². The van der Waals surface area contributed by atoms with Gasteiger partial charge in [-0.15, -0.1) is 0 Å². The molecule has 0 spiro atoms. The van der Waals surface area contributed by atoms with Crippen LogP contribution in [0.3, 0.4) is 0 Å². The summed E-state index contributed by atoms with van der Waals surface area (Å²) in [6.07, 6.45) is -11.8. The summed E-state index contributed by atoms with van der Waals surface area (Å²) >= 11 is 0. The Labute approximate surface area is 346 Å². The molecule has 1 aromatic rings. The van der Waals surface area contributed by atoms with Crippen LogP contribution < -0.4 is 32.6 Å². The number of fused-ring (bicyclic) bond motifs is 2. The third-order valence-corrected chi connectivity index (χ3v) is 9.95. The molecule has 0 aromatic carbocycles. The molecule has 1 aliphatic heterocycles. The summed E-state index contributed by atoms with van der Waals surface area (Å²) < 4.78 is 23.1. The van der Waals surface area contributed by atoms with Crippen molar-refractivity contribution in [2.24, 2.45) is 0 Å². The number of rotatable bonds is 25. The maximum Gasteiger partial charge on any atom is 0.473 e. The van der Waals surface area contributed by atoms with Crippen molar-refractivity contribution in [2.75, 3.05) is 6.61 Å². The minimum atomic E-state index is -5.31. The van der Waals surface area contributed by atoms with Crippen LogP contribution in [0.1, 0.15) is 45.4 Å². The summed E-state index contributed by atoms with van der Waals surface area (Å²) in [7, 11) is -5.31. The van der Waals surface area contributed by atoms with Crippen molar-refractivity contribution in [1.82, 2.24) is 30.5 Å². The summed E-state index contributed by atoms with van der Waals surface area (Å²) in [5.74, 6) is -9.56. The van der Waals surface area contributed by atoms with Gasteiger partial charge in [0.25, 0.3) is 5.56 Å².